The van der Waals surface area contributed by atoms with Gasteiger partial charge in [-0.05, 0) is 31.0 Å². The Bertz CT molecular complexity index is 751. The Kier molecular flexibility index (Phi) is 4.27. The molecule has 1 saturated heterocycles. The zero-order valence-corrected chi connectivity index (χ0v) is 12.5. The molecule has 0 aromatic carbocycles. The molecule has 0 bridgehead atoms. The molecule has 120 valence electrons. The van der Waals surface area contributed by atoms with Crippen LogP contribution in [-0.2, 0) is 0 Å². The second kappa shape index (κ2) is 6.51. The largest absolute Gasteiger partial charge is 0.459 e. The van der Waals surface area contributed by atoms with Crippen molar-refractivity contribution in [2.24, 2.45) is 0 Å². The monoisotopic (exact) mass is 315 g/mol. The molecule has 1 aliphatic heterocycles. The summed E-state index contributed by atoms with van der Waals surface area (Å²) < 4.78 is 5.13. The summed E-state index contributed by atoms with van der Waals surface area (Å²) in [5.74, 6) is -0.230. The normalized spacial score (nSPS) is 17.7. The van der Waals surface area contributed by atoms with Crippen LogP contribution in [0.2, 0.25) is 0 Å². The molecule has 7 nitrogen and oxygen atoms in total. The Morgan fingerprint density at radius 2 is 2.13 bits per heavy atom. The second-order valence-corrected chi connectivity index (χ2v) is 5.47. The predicted molar refractivity (Wildman–Crippen MR) is 82.2 cm³/mol. The van der Waals surface area contributed by atoms with Crippen molar-refractivity contribution in [1.82, 2.24) is 15.2 Å². The first-order valence-electron chi connectivity index (χ1n) is 7.46. The van der Waals surface area contributed by atoms with Gasteiger partial charge in [0.1, 0.15) is 5.69 Å². The van der Waals surface area contributed by atoms with Gasteiger partial charge in [-0.2, -0.15) is 0 Å². The number of nitrogens with one attached hydrogen (secondary N) is 2. The van der Waals surface area contributed by atoms with Gasteiger partial charge in [-0.3, -0.25) is 14.4 Å². The van der Waals surface area contributed by atoms with Crippen LogP contribution in [0.15, 0.2) is 45.8 Å². The number of hydrogen-bond acceptors (Lipinski definition) is 4. The number of nitrogens with zero attached hydrogens (tertiary/aromatic N) is 1. The summed E-state index contributed by atoms with van der Waals surface area (Å²) in [7, 11) is 0. The maximum absolute atomic E-state index is 12.3. The first-order valence-corrected chi connectivity index (χ1v) is 7.46. The fraction of sp³-hybridized carbons (Fsp3) is 0.312. The van der Waals surface area contributed by atoms with E-state index in [9.17, 15) is 14.4 Å². The van der Waals surface area contributed by atoms with E-state index in [1.54, 1.807) is 23.1 Å². The lowest BCUT2D eigenvalue weighted by Crippen LogP contribution is -2.49. The van der Waals surface area contributed by atoms with Crippen LogP contribution in [0, 0.1) is 0 Å². The van der Waals surface area contributed by atoms with Crippen LogP contribution in [-0.4, -0.2) is 40.8 Å². The van der Waals surface area contributed by atoms with Crippen molar-refractivity contribution < 1.29 is 14.0 Å². The van der Waals surface area contributed by atoms with E-state index in [1.807, 2.05) is 0 Å². The van der Waals surface area contributed by atoms with Crippen LogP contribution in [0.25, 0.3) is 0 Å². The van der Waals surface area contributed by atoms with Gasteiger partial charge in [0.15, 0.2) is 5.76 Å². The number of rotatable bonds is 3. The lowest BCUT2D eigenvalue weighted by Gasteiger charge is -2.32. The average Bonchev–Trinajstić information content (AvgIpc) is 3.09. The number of aromatic nitrogens is 1. The van der Waals surface area contributed by atoms with E-state index in [0.717, 1.165) is 12.8 Å². The summed E-state index contributed by atoms with van der Waals surface area (Å²) in [6, 6.07) is 7.56. The third kappa shape index (κ3) is 3.50. The molecule has 0 spiro atoms. The Hall–Kier alpha value is -2.83. The van der Waals surface area contributed by atoms with Crippen molar-refractivity contribution in [3.63, 3.8) is 0 Å². The minimum Gasteiger partial charge on any atom is -0.459 e. The average molecular weight is 315 g/mol. The topological polar surface area (TPSA) is 95.4 Å². The molecule has 1 atom stereocenters. The molecule has 3 rings (SSSR count). The van der Waals surface area contributed by atoms with Gasteiger partial charge in [-0.15, -0.1) is 0 Å². The van der Waals surface area contributed by atoms with Crippen molar-refractivity contribution in [2.75, 3.05) is 13.1 Å². The van der Waals surface area contributed by atoms with Gasteiger partial charge in [-0.25, -0.2) is 0 Å². The van der Waals surface area contributed by atoms with Gasteiger partial charge in [0.2, 0.25) is 5.56 Å². The molecule has 23 heavy (non-hydrogen) atoms. The predicted octanol–water partition coefficient (Wildman–Crippen LogP) is 1.00. The standard InChI is InChI=1S/C16H17N3O4/c20-14-7-1-5-12(18-14)15(21)17-11-4-2-8-19(10-11)16(22)13-6-3-9-23-13/h1,3,5-7,9,11H,2,4,8,10H2,(H,17,21)(H,18,20)/t11-/m0/s1. The van der Waals surface area contributed by atoms with Crippen LogP contribution in [0.3, 0.4) is 0 Å². The highest BCUT2D eigenvalue weighted by Gasteiger charge is 2.27. The number of amides is 2. The van der Waals surface area contributed by atoms with Crippen molar-refractivity contribution in [3.05, 3.63) is 58.4 Å². The Morgan fingerprint density at radius 3 is 2.87 bits per heavy atom. The molecule has 1 fully saturated rings. The summed E-state index contributed by atoms with van der Waals surface area (Å²) in [4.78, 5) is 39.9. The summed E-state index contributed by atoms with van der Waals surface area (Å²) >= 11 is 0. The van der Waals surface area contributed by atoms with E-state index >= 15 is 0 Å². The first kappa shape index (κ1) is 15.1. The van der Waals surface area contributed by atoms with Gasteiger partial charge < -0.3 is 19.6 Å². The van der Waals surface area contributed by atoms with Crippen molar-refractivity contribution >= 4 is 11.8 Å². The number of piperidine rings is 1. The number of H-pyrrole nitrogens is 1. The number of hydrogen-bond donors (Lipinski definition) is 2. The first-order chi connectivity index (χ1) is 11.1. The minimum atomic E-state index is -0.347. The highest BCUT2D eigenvalue weighted by atomic mass is 16.3. The SMILES string of the molecule is O=C(N[C@H]1CCCN(C(=O)c2ccco2)C1)c1cccc(=O)[nH]1. The number of carbonyl (C=O) groups is 2. The van der Waals surface area contributed by atoms with Gasteiger partial charge in [0, 0.05) is 25.2 Å². The highest BCUT2D eigenvalue weighted by Crippen LogP contribution is 2.14. The fourth-order valence-corrected chi connectivity index (χ4v) is 2.68. The fourth-order valence-electron chi connectivity index (χ4n) is 2.68. The molecule has 0 unspecified atom stereocenters. The van der Waals surface area contributed by atoms with E-state index in [4.69, 9.17) is 4.42 Å². The van der Waals surface area contributed by atoms with Gasteiger partial charge in [0.25, 0.3) is 11.8 Å². The molecule has 2 amide bonds. The zero-order chi connectivity index (χ0) is 16.2. The molecule has 0 saturated carbocycles. The van der Waals surface area contributed by atoms with Gasteiger partial charge >= 0.3 is 0 Å². The third-order valence-corrected chi connectivity index (χ3v) is 3.79. The van der Waals surface area contributed by atoms with Crippen molar-refractivity contribution in [2.45, 2.75) is 18.9 Å². The van der Waals surface area contributed by atoms with E-state index in [2.05, 4.69) is 10.3 Å². The van der Waals surface area contributed by atoms with E-state index in [0.29, 0.717) is 18.8 Å². The highest BCUT2D eigenvalue weighted by molar-refractivity contribution is 5.93. The number of likely N-dealkylation sites (tertiary alicyclic amines) is 1. The summed E-state index contributed by atoms with van der Waals surface area (Å²) in [6.07, 6.45) is 3.04. The van der Waals surface area contributed by atoms with Crippen LogP contribution >= 0.6 is 0 Å². The molecule has 2 aromatic heterocycles. The van der Waals surface area contributed by atoms with E-state index in [-0.39, 0.29) is 29.1 Å². The summed E-state index contributed by atoms with van der Waals surface area (Å²) in [6.45, 7) is 1.05. The Morgan fingerprint density at radius 1 is 1.26 bits per heavy atom. The maximum atomic E-state index is 12.3. The molecule has 0 radical (unpaired) electrons. The lowest BCUT2D eigenvalue weighted by atomic mass is 10.1. The lowest BCUT2D eigenvalue weighted by molar-refractivity contribution is 0.0646. The molecular formula is C16H17N3O4. The quantitative estimate of drug-likeness (QED) is 0.883. The van der Waals surface area contributed by atoms with Crippen LogP contribution < -0.4 is 10.9 Å². The molecule has 3 heterocycles. The molecular weight excluding hydrogens is 298 g/mol. The van der Waals surface area contributed by atoms with Gasteiger partial charge in [0.05, 0.1) is 6.26 Å². The molecule has 2 aromatic rings. The maximum Gasteiger partial charge on any atom is 0.289 e. The van der Waals surface area contributed by atoms with E-state index < -0.39 is 0 Å². The second-order valence-electron chi connectivity index (χ2n) is 5.47. The van der Waals surface area contributed by atoms with Crippen LogP contribution in [0.4, 0.5) is 0 Å². The van der Waals surface area contributed by atoms with Crippen LogP contribution in [0.5, 0.6) is 0 Å². The molecule has 0 aliphatic carbocycles. The van der Waals surface area contributed by atoms with Gasteiger partial charge in [-0.1, -0.05) is 6.07 Å². The Balaban J connectivity index is 1.64. The number of aromatic amines is 1. The van der Waals surface area contributed by atoms with Crippen LogP contribution in [0.1, 0.15) is 33.9 Å². The molecule has 7 heteroatoms. The Labute approximate surface area is 132 Å². The molecule has 2 N–H and O–H groups in total. The summed E-state index contributed by atoms with van der Waals surface area (Å²) in [5, 5.41) is 2.86. The van der Waals surface area contributed by atoms with Crippen molar-refractivity contribution in [3.8, 4) is 0 Å². The third-order valence-electron chi connectivity index (χ3n) is 3.79. The summed E-state index contributed by atoms with van der Waals surface area (Å²) in [5.41, 5.74) is -0.108. The van der Waals surface area contributed by atoms with E-state index in [1.165, 1.54) is 18.4 Å². The smallest absolute Gasteiger partial charge is 0.289 e. The molecule has 1 aliphatic rings. The minimum absolute atomic E-state index is 0.154. The van der Waals surface area contributed by atoms with Crippen molar-refractivity contribution in [1.29, 1.82) is 0 Å². The number of furan rings is 1. The zero-order valence-electron chi connectivity index (χ0n) is 12.5. The number of carbonyl (C=O) groups excluding carboxylic acids is 2. The number of pyridine rings is 1.